The summed E-state index contributed by atoms with van der Waals surface area (Å²) < 4.78 is 15.4. The molecule has 40 heavy (non-hydrogen) atoms. The number of hydrogen-bond donors (Lipinski definition) is 4. The molecule has 9 nitrogen and oxygen atoms in total. The smallest absolute Gasteiger partial charge is 0.259 e. The van der Waals surface area contributed by atoms with Gasteiger partial charge in [0, 0.05) is 36.5 Å². The van der Waals surface area contributed by atoms with Crippen LogP contribution in [-0.2, 0) is 4.79 Å². The first kappa shape index (κ1) is 25.9. The van der Waals surface area contributed by atoms with Gasteiger partial charge in [-0.25, -0.2) is 14.4 Å². The van der Waals surface area contributed by atoms with Gasteiger partial charge in [0.05, 0.1) is 40.3 Å². The van der Waals surface area contributed by atoms with Crippen LogP contribution < -0.4 is 21.1 Å². The number of aromatic nitrogens is 3. The van der Waals surface area contributed by atoms with Gasteiger partial charge in [0.25, 0.3) is 5.56 Å². The van der Waals surface area contributed by atoms with E-state index in [1.165, 1.54) is 12.3 Å². The van der Waals surface area contributed by atoms with Crippen LogP contribution in [0.4, 0.5) is 27.3 Å². The van der Waals surface area contributed by atoms with Crippen LogP contribution in [0.5, 0.6) is 0 Å². The van der Waals surface area contributed by atoms with Gasteiger partial charge in [-0.15, -0.1) is 0 Å². The van der Waals surface area contributed by atoms with Crippen molar-refractivity contribution >= 4 is 39.7 Å². The molecule has 4 heterocycles. The summed E-state index contributed by atoms with van der Waals surface area (Å²) in [7, 11) is 0. The standard InChI is InChI=1S/C30H31FN6O3/c31-23-14-19(34-29(39)18-4-2-1-3-5-18)6-8-22(23)25-15-26(28-24(35-25)10-12-32-30(28)40)36-27-9-7-20(16-33-27)37-13-11-21(38)17-37/h6-10,12,14-16,18,21,38H,1-5,11,13,17H2,(H,32,40)(H,34,39)(H,33,35,36)/t21-/m1/s1. The number of hydrogen-bond acceptors (Lipinski definition) is 7. The molecule has 4 N–H and O–H groups in total. The monoisotopic (exact) mass is 542 g/mol. The number of nitrogens with one attached hydrogen (secondary N) is 3. The summed E-state index contributed by atoms with van der Waals surface area (Å²) in [4.78, 5) is 39.2. The first-order chi connectivity index (χ1) is 19.4. The van der Waals surface area contributed by atoms with E-state index in [-0.39, 0.29) is 29.1 Å². The van der Waals surface area contributed by atoms with Crippen LogP contribution >= 0.6 is 0 Å². The van der Waals surface area contributed by atoms with Crippen molar-refractivity contribution in [3.05, 3.63) is 71.0 Å². The maximum absolute atomic E-state index is 15.4. The van der Waals surface area contributed by atoms with Gasteiger partial charge in [-0.1, -0.05) is 19.3 Å². The van der Waals surface area contributed by atoms with E-state index in [9.17, 15) is 14.7 Å². The Labute approximate surface area is 230 Å². The number of aliphatic hydroxyl groups is 1. The second-order valence-electron chi connectivity index (χ2n) is 10.6. The van der Waals surface area contributed by atoms with E-state index in [2.05, 4.69) is 30.5 Å². The summed E-state index contributed by atoms with van der Waals surface area (Å²) in [5, 5.41) is 16.2. The first-order valence-electron chi connectivity index (χ1n) is 13.7. The zero-order valence-corrected chi connectivity index (χ0v) is 22.0. The number of benzene rings is 1. The summed E-state index contributed by atoms with van der Waals surface area (Å²) in [6.45, 7) is 1.33. The lowest BCUT2D eigenvalue weighted by Gasteiger charge is -2.20. The Morgan fingerprint density at radius 2 is 1.93 bits per heavy atom. The summed E-state index contributed by atoms with van der Waals surface area (Å²) in [5.41, 5.74) is 2.40. The summed E-state index contributed by atoms with van der Waals surface area (Å²) in [6, 6.07) is 11.6. The number of aromatic amines is 1. The molecule has 1 aliphatic heterocycles. The van der Waals surface area contributed by atoms with Crippen molar-refractivity contribution in [2.75, 3.05) is 28.6 Å². The lowest BCUT2D eigenvalue weighted by molar-refractivity contribution is -0.120. The van der Waals surface area contributed by atoms with E-state index in [0.717, 1.165) is 50.8 Å². The number of rotatable bonds is 6. The molecule has 0 bridgehead atoms. The molecule has 10 heteroatoms. The summed E-state index contributed by atoms with van der Waals surface area (Å²) >= 11 is 0. The quantitative estimate of drug-likeness (QED) is 0.272. The fourth-order valence-corrected chi connectivity index (χ4v) is 5.60. The first-order valence-corrected chi connectivity index (χ1v) is 13.7. The molecule has 6 rings (SSSR count). The van der Waals surface area contributed by atoms with Gasteiger partial charge in [0.15, 0.2) is 0 Å². The highest BCUT2D eigenvalue weighted by atomic mass is 19.1. The third kappa shape index (κ3) is 5.40. The molecule has 2 fully saturated rings. The number of aliphatic hydroxyl groups excluding tert-OH is 1. The van der Waals surface area contributed by atoms with Crippen LogP contribution in [-0.4, -0.2) is 45.2 Å². The van der Waals surface area contributed by atoms with Gasteiger partial charge in [-0.3, -0.25) is 9.59 Å². The number of amides is 1. The lowest BCUT2D eigenvalue weighted by atomic mass is 9.88. The maximum Gasteiger partial charge on any atom is 0.259 e. The molecule has 0 spiro atoms. The van der Waals surface area contributed by atoms with E-state index in [1.807, 2.05) is 6.07 Å². The van der Waals surface area contributed by atoms with Crippen LogP contribution in [0.2, 0.25) is 0 Å². The molecule has 1 saturated carbocycles. The van der Waals surface area contributed by atoms with E-state index >= 15 is 4.39 Å². The summed E-state index contributed by atoms with van der Waals surface area (Å²) in [6.07, 6.45) is 8.56. The Morgan fingerprint density at radius 1 is 1.07 bits per heavy atom. The number of anilines is 4. The maximum atomic E-state index is 15.4. The van der Waals surface area contributed by atoms with E-state index < -0.39 is 5.82 Å². The van der Waals surface area contributed by atoms with Crippen LogP contribution in [0, 0.1) is 11.7 Å². The number of carbonyl (C=O) groups excluding carboxylic acids is 1. The van der Waals surface area contributed by atoms with Crippen molar-refractivity contribution in [1.29, 1.82) is 0 Å². The molecule has 2 aliphatic rings. The summed E-state index contributed by atoms with van der Waals surface area (Å²) in [5.74, 6) is -0.124. The number of halogens is 1. The Morgan fingerprint density at radius 3 is 2.65 bits per heavy atom. The largest absolute Gasteiger partial charge is 0.391 e. The Balaban J connectivity index is 1.28. The normalized spacial score (nSPS) is 17.8. The van der Waals surface area contributed by atoms with Crippen molar-refractivity contribution in [2.24, 2.45) is 5.92 Å². The minimum atomic E-state index is -0.528. The van der Waals surface area contributed by atoms with Gasteiger partial charge in [-0.2, -0.15) is 0 Å². The lowest BCUT2D eigenvalue weighted by Crippen LogP contribution is -2.24. The zero-order valence-electron chi connectivity index (χ0n) is 22.0. The van der Waals surface area contributed by atoms with Gasteiger partial charge in [0.1, 0.15) is 11.6 Å². The molecule has 0 unspecified atom stereocenters. The fourth-order valence-electron chi connectivity index (χ4n) is 5.60. The number of carbonyl (C=O) groups is 1. The van der Waals surface area contributed by atoms with Gasteiger partial charge in [0.2, 0.25) is 5.91 Å². The van der Waals surface area contributed by atoms with Crippen molar-refractivity contribution in [1.82, 2.24) is 15.0 Å². The van der Waals surface area contributed by atoms with Crippen molar-refractivity contribution in [3.63, 3.8) is 0 Å². The Hall–Kier alpha value is -4.31. The van der Waals surface area contributed by atoms with Crippen LogP contribution in [0.15, 0.2) is 59.7 Å². The van der Waals surface area contributed by atoms with Gasteiger partial charge in [-0.05, 0) is 61.7 Å². The minimum Gasteiger partial charge on any atom is -0.391 e. The Bertz CT molecular complexity index is 1600. The zero-order chi connectivity index (χ0) is 27.6. The molecule has 206 valence electrons. The molecule has 0 radical (unpaired) electrons. The topological polar surface area (TPSA) is 123 Å². The predicted molar refractivity (Wildman–Crippen MR) is 153 cm³/mol. The average Bonchev–Trinajstić information content (AvgIpc) is 3.40. The molecule has 1 amide bonds. The second kappa shape index (κ2) is 11.1. The average molecular weight is 543 g/mol. The van der Waals surface area contributed by atoms with Crippen LogP contribution in [0.25, 0.3) is 22.2 Å². The molecule has 3 aromatic heterocycles. The third-order valence-electron chi connectivity index (χ3n) is 7.76. The fraction of sp³-hybridized carbons (Fsp3) is 0.333. The molecule has 1 aliphatic carbocycles. The third-order valence-corrected chi connectivity index (χ3v) is 7.76. The second-order valence-corrected chi connectivity index (χ2v) is 10.6. The number of fused-ring (bicyclic) bond motifs is 1. The highest BCUT2D eigenvalue weighted by molar-refractivity contribution is 5.95. The van der Waals surface area contributed by atoms with Crippen molar-refractivity contribution in [3.8, 4) is 11.3 Å². The Kier molecular flexibility index (Phi) is 7.17. The molecular formula is C30H31FN6O3. The highest BCUT2D eigenvalue weighted by Gasteiger charge is 2.22. The van der Waals surface area contributed by atoms with E-state index in [4.69, 9.17) is 0 Å². The predicted octanol–water partition coefficient (Wildman–Crippen LogP) is 4.96. The highest BCUT2D eigenvalue weighted by Crippen LogP contribution is 2.32. The number of pyridine rings is 3. The minimum absolute atomic E-state index is 0.0324. The molecular weight excluding hydrogens is 511 g/mol. The molecule has 1 saturated heterocycles. The van der Waals surface area contributed by atoms with E-state index in [1.54, 1.807) is 36.5 Å². The van der Waals surface area contributed by atoms with Crippen molar-refractivity contribution < 1.29 is 14.3 Å². The SMILES string of the molecule is O=C(Nc1ccc(-c2cc(Nc3ccc(N4CC[C@@H](O)C4)cn3)c3c(=O)[nH]ccc3n2)c(F)c1)C1CCCCC1. The molecule has 4 aromatic rings. The van der Waals surface area contributed by atoms with E-state index in [0.29, 0.717) is 40.3 Å². The number of β-amino-alcohol motifs (C(OH)–C–C–N with tert-alkyl or cyclic N) is 1. The van der Waals surface area contributed by atoms with Crippen molar-refractivity contribution in [2.45, 2.75) is 44.6 Å². The van der Waals surface area contributed by atoms with Gasteiger partial charge < -0.3 is 25.6 Å². The molecule has 1 atom stereocenters. The van der Waals surface area contributed by atoms with Crippen LogP contribution in [0.1, 0.15) is 38.5 Å². The van der Waals surface area contributed by atoms with Crippen LogP contribution in [0.3, 0.4) is 0 Å². The van der Waals surface area contributed by atoms with Gasteiger partial charge >= 0.3 is 0 Å². The number of nitrogens with zero attached hydrogens (tertiary/aromatic N) is 3. The number of H-pyrrole nitrogens is 1. The molecule has 1 aromatic carbocycles.